The average Bonchev–Trinajstić information content (AvgIpc) is 3.20. The Kier molecular flexibility index (Phi) is 10.5. The summed E-state index contributed by atoms with van der Waals surface area (Å²) in [5.41, 5.74) is 21.9. The Morgan fingerprint density at radius 3 is 2.32 bits per heavy atom. The number of aliphatic carboxylic acids is 1. The standard InChI is InChI=1S/C17H29N9O5/c18-10(2-1-5-23-17(20)21)14(28)25-11(3-4-13(19)27)15(29)26-12(16(30)31)6-9-7-22-8-24-9/h7-8,10-12H,1-6,18H2,(H2,19,27)(H,22,24)(H,25,28)(H,26,29)(H,30,31)(H4,20,21,23)/t10-,11-,12-/m0/s1. The molecule has 0 bridgehead atoms. The summed E-state index contributed by atoms with van der Waals surface area (Å²) in [5, 5.41) is 14.2. The van der Waals surface area contributed by atoms with E-state index in [9.17, 15) is 24.3 Å². The lowest BCUT2D eigenvalue weighted by molar-refractivity contribution is -0.142. The first-order valence-electron chi connectivity index (χ1n) is 9.50. The summed E-state index contributed by atoms with van der Waals surface area (Å²) in [6.07, 6.45) is 3.10. The molecular formula is C17H29N9O5. The van der Waals surface area contributed by atoms with E-state index in [1.54, 1.807) is 0 Å². The fraction of sp³-hybridized carbons (Fsp3) is 0.529. The average molecular weight is 439 g/mol. The third kappa shape index (κ3) is 10.1. The maximum Gasteiger partial charge on any atom is 0.326 e. The fourth-order valence-electron chi connectivity index (χ4n) is 2.57. The van der Waals surface area contributed by atoms with Gasteiger partial charge in [-0.1, -0.05) is 0 Å². The van der Waals surface area contributed by atoms with E-state index in [4.69, 9.17) is 22.9 Å². The topological polar surface area (TPSA) is 258 Å². The number of rotatable bonds is 14. The fourth-order valence-corrected chi connectivity index (χ4v) is 2.57. The maximum absolute atomic E-state index is 12.6. The Morgan fingerprint density at radius 1 is 1.10 bits per heavy atom. The van der Waals surface area contributed by atoms with E-state index in [1.165, 1.54) is 12.5 Å². The highest BCUT2D eigenvalue weighted by Gasteiger charge is 2.28. The Balaban J connectivity index is 2.75. The highest BCUT2D eigenvalue weighted by Crippen LogP contribution is 2.04. The number of hydrogen-bond donors (Lipinski definition) is 8. The smallest absolute Gasteiger partial charge is 0.326 e. The minimum absolute atomic E-state index is 0.0537. The first-order chi connectivity index (χ1) is 14.6. The van der Waals surface area contributed by atoms with Gasteiger partial charge in [0.05, 0.1) is 12.4 Å². The predicted molar refractivity (Wildman–Crippen MR) is 110 cm³/mol. The molecule has 0 aliphatic heterocycles. The first kappa shape index (κ1) is 25.4. The van der Waals surface area contributed by atoms with Crippen molar-refractivity contribution in [3.63, 3.8) is 0 Å². The monoisotopic (exact) mass is 439 g/mol. The summed E-state index contributed by atoms with van der Waals surface area (Å²) >= 11 is 0. The molecule has 12 N–H and O–H groups in total. The normalized spacial score (nSPS) is 13.5. The quantitative estimate of drug-likeness (QED) is 0.0816. The lowest BCUT2D eigenvalue weighted by atomic mass is 10.1. The third-order valence-corrected chi connectivity index (χ3v) is 4.21. The number of guanidine groups is 1. The van der Waals surface area contributed by atoms with Gasteiger partial charge in [-0.3, -0.25) is 19.4 Å². The van der Waals surface area contributed by atoms with Gasteiger partial charge in [-0.2, -0.15) is 0 Å². The Bertz CT molecular complexity index is 777. The van der Waals surface area contributed by atoms with E-state index >= 15 is 0 Å². The van der Waals surface area contributed by atoms with Crippen LogP contribution in [0.2, 0.25) is 0 Å². The van der Waals surface area contributed by atoms with Gasteiger partial charge in [-0.15, -0.1) is 0 Å². The number of primary amides is 1. The number of hydrogen-bond acceptors (Lipinski definition) is 7. The number of carboxylic acids is 1. The number of carboxylic acid groups (broad SMARTS) is 1. The minimum Gasteiger partial charge on any atom is -0.480 e. The molecule has 3 amide bonds. The minimum atomic E-state index is -1.28. The van der Waals surface area contributed by atoms with Crippen molar-refractivity contribution in [3.8, 4) is 0 Å². The van der Waals surface area contributed by atoms with Crippen LogP contribution in [0.15, 0.2) is 17.5 Å². The number of aliphatic imine (C=N–C) groups is 1. The first-order valence-corrected chi connectivity index (χ1v) is 9.50. The van der Waals surface area contributed by atoms with Gasteiger partial charge in [0.1, 0.15) is 12.1 Å². The molecule has 3 atom stereocenters. The number of carbonyl (C=O) groups excluding carboxylic acids is 3. The highest BCUT2D eigenvalue weighted by molar-refractivity contribution is 5.92. The second kappa shape index (κ2) is 12.8. The number of nitrogens with one attached hydrogen (secondary N) is 3. The summed E-state index contributed by atoms with van der Waals surface area (Å²) < 4.78 is 0. The van der Waals surface area contributed by atoms with Gasteiger partial charge < -0.3 is 43.7 Å². The Morgan fingerprint density at radius 2 is 1.77 bits per heavy atom. The highest BCUT2D eigenvalue weighted by atomic mass is 16.4. The summed E-state index contributed by atoms with van der Waals surface area (Å²) in [7, 11) is 0. The zero-order valence-electron chi connectivity index (χ0n) is 16.9. The van der Waals surface area contributed by atoms with Crippen molar-refractivity contribution in [3.05, 3.63) is 18.2 Å². The van der Waals surface area contributed by atoms with Crippen LogP contribution >= 0.6 is 0 Å². The van der Waals surface area contributed by atoms with Gasteiger partial charge in [0.15, 0.2) is 5.96 Å². The van der Waals surface area contributed by atoms with E-state index in [0.717, 1.165) is 0 Å². The number of imidazole rings is 1. The largest absolute Gasteiger partial charge is 0.480 e. The molecule has 0 unspecified atom stereocenters. The van der Waals surface area contributed by atoms with E-state index in [2.05, 4.69) is 25.6 Å². The SMILES string of the molecule is NC(=O)CC[C@H](NC(=O)[C@@H](N)CCCN=C(N)N)C(=O)N[C@@H](Cc1cnc[nH]1)C(=O)O. The molecule has 1 aromatic rings. The van der Waals surface area contributed by atoms with Crippen LogP contribution in [-0.2, 0) is 25.6 Å². The molecule has 0 saturated carbocycles. The molecule has 0 saturated heterocycles. The second-order valence-corrected chi connectivity index (χ2v) is 6.80. The Hall–Kier alpha value is -3.68. The summed E-state index contributed by atoms with van der Waals surface area (Å²) in [4.78, 5) is 58.0. The molecule has 0 aliphatic rings. The molecule has 0 aliphatic carbocycles. The molecule has 1 heterocycles. The van der Waals surface area contributed by atoms with Crippen molar-refractivity contribution >= 4 is 29.7 Å². The van der Waals surface area contributed by atoms with E-state index in [1.807, 2.05) is 0 Å². The van der Waals surface area contributed by atoms with E-state index < -0.39 is 41.8 Å². The van der Waals surface area contributed by atoms with Crippen LogP contribution in [0.4, 0.5) is 0 Å². The van der Waals surface area contributed by atoms with Gasteiger partial charge in [0.25, 0.3) is 0 Å². The van der Waals surface area contributed by atoms with E-state index in [-0.39, 0.29) is 38.2 Å². The Labute approximate surface area is 178 Å². The van der Waals surface area contributed by atoms with Crippen molar-refractivity contribution in [2.75, 3.05) is 6.54 Å². The third-order valence-electron chi connectivity index (χ3n) is 4.21. The number of aromatic amines is 1. The summed E-state index contributed by atoms with van der Waals surface area (Å²) in [5.74, 6) is -3.46. The zero-order chi connectivity index (χ0) is 23.4. The molecule has 14 nitrogen and oxygen atoms in total. The molecule has 14 heteroatoms. The molecular weight excluding hydrogens is 410 g/mol. The lowest BCUT2D eigenvalue weighted by Crippen LogP contribution is -2.55. The molecule has 1 rings (SSSR count). The van der Waals surface area contributed by atoms with Gasteiger partial charge in [0.2, 0.25) is 17.7 Å². The number of carbonyl (C=O) groups is 4. The number of nitrogens with two attached hydrogens (primary N) is 4. The molecule has 1 aromatic heterocycles. The summed E-state index contributed by atoms with van der Waals surface area (Å²) in [6.45, 7) is 0.281. The van der Waals surface area contributed by atoms with Crippen molar-refractivity contribution in [2.24, 2.45) is 27.9 Å². The van der Waals surface area contributed by atoms with Crippen LogP contribution in [0.25, 0.3) is 0 Å². The number of amides is 3. The van der Waals surface area contributed by atoms with Crippen molar-refractivity contribution in [2.45, 2.75) is 50.2 Å². The summed E-state index contributed by atoms with van der Waals surface area (Å²) in [6, 6.07) is -3.44. The predicted octanol–water partition coefficient (Wildman–Crippen LogP) is -3.35. The van der Waals surface area contributed by atoms with Crippen LogP contribution in [0.5, 0.6) is 0 Å². The molecule has 31 heavy (non-hydrogen) atoms. The van der Waals surface area contributed by atoms with Crippen LogP contribution in [0, 0.1) is 0 Å². The maximum atomic E-state index is 12.6. The van der Waals surface area contributed by atoms with Crippen LogP contribution in [0.1, 0.15) is 31.4 Å². The number of nitrogens with zero attached hydrogens (tertiary/aromatic N) is 2. The molecule has 0 fully saturated rings. The van der Waals surface area contributed by atoms with Gasteiger partial charge >= 0.3 is 5.97 Å². The molecule has 0 radical (unpaired) electrons. The van der Waals surface area contributed by atoms with Gasteiger partial charge in [-0.05, 0) is 19.3 Å². The molecule has 0 aromatic carbocycles. The number of aromatic nitrogens is 2. The van der Waals surface area contributed by atoms with Crippen LogP contribution in [-0.4, -0.2) is 69.4 Å². The lowest BCUT2D eigenvalue weighted by Gasteiger charge is -2.22. The molecule has 172 valence electrons. The van der Waals surface area contributed by atoms with Crippen molar-refractivity contribution in [1.82, 2.24) is 20.6 Å². The van der Waals surface area contributed by atoms with E-state index in [0.29, 0.717) is 12.1 Å². The van der Waals surface area contributed by atoms with Crippen molar-refractivity contribution < 1.29 is 24.3 Å². The van der Waals surface area contributed by atoms with Crippen molar-refractivity contribution in [1.29, 1.82) is 0 Å². The second-order valence-electron chi connectivity index (χ2n) is 6.80. The van der Waals surface area contributed by atoms with Gasteiger partial charge in [0, 0.05) is 31.3 Å². The number of H-pyrrole nitrogens is 1. The van der Waals surface area contributed by atoms with Crippen LogP contribution in [0.3, 0.4) is 0 Å². The zero-order valence-corrected chi connectivity index (χ0v) is 16.9. The molecule has 0 spiro atoms. The van der Waals surface area contributed by atoms with Crippen LogP contribution < -0.4 is 33.6 Å². The van der Waals surface area contributed by atoms with Gasteiger partial charge in [-0.25, -0.2) is 9.78 Å².